The molecule has 0 amide bonds. The minimum Gasteiger partial charge on any atom is -0.480 e. The van der Waals surface area contributed by atoms with Crippen LogP contribution in [0.15, 0.2) is 71.9 Å². The number of fused-ring (bicyclic) bond motifs is 1. The molecule has 1 aliphatic rings. The van der Waals surface area contributed by atoms with Gasteiger partial charge in [0.2, 0.25) is 5.95 Å². The van der Waals surface area contributed by atoms with Gasteiger partial charge in [0.1, 0.15) is 6.54 Å². The SMILES string of the molecule is O=C(O)CN(c1cccc2c(-c3cnc(N4CCOCC4)nc3)cccc12)S(=O)(=O)c1cc(Cl)cc(Cl)c1. The number of sulfonamides is 1. The number of halogens is 2. The van der Waals surface area contributed by atoms with Crippen molar-refractivity contribution in [1.82, 2.24) is 9.97 Å². The first-order chi connectivity index (χ1) is 18.2. The fourth-order valence-electron chi connectivity index (χ4n) is 4.38. The molecule has 0 bridgehead atoms. The van der Waals surface area contributed by atoms with Crippen LogP contribution in [0, 0.1) is 0 Å². The van der Waals surface area contributed by atoms with Gasteiger partial charge in [0.25, 0.3) is 10.0 Å². The molecule has 0 unspecified atom stereocenters. The molecule has 12 heteroatoms. The van der Waals surface area contributed by atoms with E-state index in [9.17, 15) is 18.3 Å². The van der Waals surface area contributed by atoms with Gasteiger partial charge in [-0.1, -0.05) is 53.5 Å². The van der Waals surface area contributed by atoms with E-state index in [1.54, 1.807) is 36.7 Å². The number of carboxylic acids is 1. The van der Waals surface area contributed by atoms with E-state index < -0.39 is 22.5 Å². The number of aromatic nitrogens is 2. The molecule has 9 nitrogen and oxygen atoms in total. The summed E-state index contributed by atoms with van der Waals surface area (Å²) in [5.41, 5.74) is 1.71. The fraction of sp³-hybridized carbons (Fsp3) is 0.192. The van der Waals surface area contributed by atoms with E-state index in [1.165, 1.54) is 18.2 Å². The van der Waals surface area contributed by atoms with Crippen molar-refractivity contribution in [3.63, 3.8) is 0 Å². The van der Waals surface area contributed by atoms with Gasteiger partial charge >= 0.3 is 5.97 Å². The normalized spacial score (nSPS) is 14.0. The van der Waals surface area contributed by atoms with Crippen molar-refractivity contribution in [1.29, 1.82) is 0 Å². The maximum Gasteiger partial charge on any atom is 0.324 e. The molecular weight excluding hydrogens is 551 g/mol. The summed E-state index contributed by atoms with van der Waals surface area (Å²) in [4.78, 5) is 22.7. The van der Waals surface area contributed by atoms with Crippen LogP contribution in [0.5, 0.6) is 0 Å². The van der Waals surface area contributed by atoms with E-state index >= 15 is 0 Å². The first kappa shape index (κ1) is 26.2. The Morgan fingerprint density at radius 1 is 0.974 bits per heavy atom. The fourth-order valence-corrected chi connectivity index (χ4v) is 6.54. The Hall–Kier alpha value is -3.44. The minimum atomic E-state index is -4.34. The first-order valence-corrected chi connectivity index (χ1v) is 13.8. The predicted molar refractivity (Wildman–Crippen MR) is 147 cm³/mol. The highest BCUT2D eigenvalue weighted by molar-refractivity contribution is 7.92. The van der Waals surface area contributed by atoms with Gasteiger partial charge in [0.15, 0.2) is 0 Å². The Labute approximate surface area is 229 Å². The van der Waals surface area contributed by atoms with Crippen molar-refractivity contribution in [2.24, 2.45) is 0 Å². The third-order valence-corrected chi connectivity index (χ3v) is 8.29. The molecule has 2 heterocycles. The molecule has 38 heavy (non-hydrogen) atoms. The Kier molecular flexibility index (Phi) is 7.40. The summed E-state index contributed by atoms with van der Waals surface area (Å²) in [7, 11) is -4.34. The maximum atomic E-state index is 13.7. The minimum absolute atomic E-state index is 0.118. The van der Waals surface area contributed by atoms with Gasteiger partial charge in [-0.3, -0.25) is 9.10 Å². The summed E-state index contributed by atoms with van der Waals surface area (Å²) in [6, 6.07) is 14.4. The molecule has 0 spiro atoms. The van der Waals surface area contributed by atoms with E-state index in [-0.39, 0.29) is 20.6 Å². The number of hydrogen-bond donors (Lipinski definition) is 1. The molecule has 0 saturated carbocycles. The Morgan fingerprint density at radius 2 is 1.61 bits per heavy atom. The van der Waals surface area contributed by atoms with Crippen LogP contribution in [0.3, 0.4) is 0 Å². The lowest BCUT2D eigenvalue weighted by molar-refractivity contribution is -0.135. The molecule has 5 rings (SSSR count). The van der Waals surface area contributed by atoms with Gasteiger partial charge in [-0.15, -0.1) is 0 Å². The lowest BCUT2D eigenvalue weighted by Gasteiger charge is -2.26. The van der Waals surface area contributed by atoms with E-state index in [0.717, 1.165) is 15.4 Å². The lowest BCUT2D eigenvalue weighted by Crippen LogP contribution is -2.37. The topological polar surface area (TPSA) is 113 Å². The molecule has 1 saturated heterocycles. The van der Waals surface area contributed by atoms with Crippen LogP contribution in [0.2, 0.25) is 10.0 Å². The van der Waals surface area contributed by atoms with Crippen molar-refractivity contribution in [3.05, 3.63) is 77.0 Å². The molecule has 1 aliphatic heterocycles. The summed E-state index contributed by atoms with van der Waals surface area (Å²) >= 11 is 12.1. The third kappa shape index (κ3) is 5.25. The largest absolute Gasteiger partial charge is 0.480 e. The molecule has 0 aliphatic carbocycles. The zero-order valence-corrected chi connectivity index (χ0v) is 22.2. The second kappa shape index (κ2) is 10.7. The third-order valence-electron chi connectivity index (χ3n) is 6.11. The van der Waals surface area contributed by atoms with Gasteiger partial charge in [0, 0.05) is 46.5 Å². The number of carbonyl (C=O) groups is 1. The first-order valence-electron chi connectivity index (χ1n) is 11.6. The average molecular weight is 573 g/mol. The summed E-state index contributed by atoms with van der Waals surface area (Å²) in [5, 5.41) is 11.1. The van der Waals surface area contributed by atoms with Crippen molar-refractivity contribution < 1.29 is 23.1 Å². The number of benzene rings is 3. The van der Waals surface area contributed by atoms with Crippen LogP contribution in [0.1, 0.15) is 0 Å². The quantitative estimate of drug-likeness (QED) is 0.338. The molecule has 1 aromatic heterocycles. The van der Waals surface area contributed by atoms with Crippen molar-refractivity contribution >= 4 is 61.6 Å². The van der Waals surface area contributed by atoms with Crippen LogP contribution < -0.4 is 9.21 Å². The Balaban J connectivity index is 1.60. The van der Waals surface area contributed by atoms with Crippen LogP contribution in [0.4, 0.5) is 11.6 Å². The number of rotatable bonds is 7. The van der Waals surface area contributed by atoms with Gasteiger partial charge in [0.05, 0.1) is 23.8 Å². The van der Waals surface area contributed by atoms with Gasteiger partial charge in [-0.05, 0) is 35.2 Å². The molecule has 3 aromatic carbocycles. The predicted octanol–water partition coefficient (Wildman–Crippen LogP) is 4.72. The highest BCUT2D eigenvalue weighted by Crippen LogP contribution is 2.36. The summed E-state index contributed by atoms with van der Waals surface area (Å²) < 4.78 is 33.6. The summed E-state index contributed by atoms with van der Waals surface area (Å²) in [5.74, 6) is -0.709. The highest BCUT2D eigenvalue weighted by atomic mass is 35.5. The molecule has 196 valence electrons. The number of aliphatic carboxylic acids is 1. The summed E-state index contributed by atoms with van der Waals surface area (Å²) in [6.07, 6.45) is 3.44. The lowest BCUT2D eigenvalue weighted by atomic mass is 9.99. The van der Waals surface area contributed by atoms with Gasteiger partial charge in [-0.25, -0.2) is 18.4 Å². The van der Waals surface area contributed by atoms with Crippen molar-refractivity contribution in [3.8, 4) is 11.1 Å². The Bertz CT molecular complexity index is 1590. The molecule has 0 atom stereocenters. The maximum absolute atomic E-state index is 13.7. The van der Waals surface area contributed by atoms with E-state index in [1.807, 2.05) is 17.0 Å². The zero-order chi connectivity index (χ0) is 26.9. The smallest absolute Gasteiger partial charge is 0.324 e. The van der Waals surface area contributed by atoms with Crippen LogP contribution in [0.25, 0.3) is 21.9 Å². The number of nitrogens with zero attached hydrogens (tertiary/aromatic N) is 4. The number of anilines is 2. The van der Waals surface area contributed by atoms with E-state index in [2.05, 4.69) is 9.97 Å². The van der Waals surface area contributed by atoms with E-state index in [4.69, 9.17) is 27.9 Å². The number of ether oxygens (including phenoxy) is 1. The molecule has 1 N–H and O–H groups in total. The average Bonchev–Trinajstić information content (AvgIpc) is 2.91. The van der Waals surface area contributed by atoms with Crippen LogP contribution in [-0.2, 0) is 19.6 Å². The van der Waals surface area contributed by atoms with E-state index in [0.29, 0.717) is 43.0 Å². The van der Waals surface area contributed by atoms with Crippen molar-refractivity contribution in [2.45, 2.75) is 4.90 Å². The molecule has 4 aromatic rings. The number of carboxylic acid groups (broad SMARTS) is 1. The van der Waals surface area contributed by atoms with Crippen molar-refractivity contribution in [2.75, 3.05) is 42.1 Å². The van der Waals surface area contributed by atoms with Crippen LogP contribution >= 0.6 is 23.2 Å². The standard InChI is InChI=1S/C26H22Cl2N4O5S/c27-18-11-19(28)13-20(12-18)38(35,36)32(16-25(33)34)24-6-2-4-22-21(3-1-5-23(22)24)17-14-29-26(30-15-17)31-7-9-37-10-8-31/h1-6,11-15H,7-10,16H2,(H,33,34). The Morgan fingerprint density at radius 3 is 2.26 bits per heavy atom. The highest BCUT2D eigenvalue weighted by Gasteiger charge is 2.29. The summed E-state index contributed by atoms with van der Waals surface area (Å²) in [6.45, 7) is 1.86. The van der Waals surface area contributed by atoms with Crippen LogP contribution in [-0.4, -0.2) is 62.3 Å². The molecule has 0 radical (unpaired) electrons. The second-order valence-electron chi connectivity index (χ2n) is 8.56. The molecular formula is C26H22Cl2N4O5S. The second-order valence-corrected chi connectivity index (χ2v) is 11.3. The zero-order valence-electron chi connectivity index (χ0n) is 19.9. The van der Waals surface area contributed by atoms with Gasteiger partial charge < -0.3 is 14.7 Å². The van der Waals surface area contributed by atoms with Gasteiger partial charge in [-0.2, -0.15) is 0 Å². The molecule has 1 fully saturated rings. The monoisotopic (exact) mass is 572 g/mol. The number of morpholine rings is 1. The number of hydrogen-bond acceptors (Lipinski definition) is 7.